The second-order valence-electron chi connectivity index (χ2n) is 6.83. The lowest BCUT2D eigenvalue weighted by Gasteiger charge is -2.17. The fraction of sp³-hybridized carbons (Fsp3) is 0.261. The van der Waals surface area contributed by atoms with Crippen LogP contribution in [0.4, 0.5) is 5.69 Å². The lowest BCUT2D eigenvalue weighted by Crippen LogP contribution is -2.31. The number of ether oxygens (including phenoxy) is 1. The van der Waals surface area contributed by atoms with Crippen LogP contribution in [0.3, 0.4) is 0 Å². The van der Waals surface area contributed by atoms with E-state index in [1.165, 1.54) is 11.0 Å². The van der Waals surface area contributed by atoms with Gasteiger partial charge in [-0.15, -0.1) is 11.8 Å². The zero-order valence-corrected chi connectivity index (χ0v) is 18.4. The standard InChI is InChI=1S/C23H25N3O3S/c1-25(2)20-9-5-17(6-10-20)13-19(14-24)23(28)29-16-22(27)26(3)15-18-7-11-21(30-4)12-8-18/h5-13H,15-16H2,1-4H3/b19-13+. The van der Waals surface area contributed by atoms with Crippen molar-refractivity contribution in [1.29, 1.82) is 5.26 Å². The number of hydrogen-bond acceptors (Lipinski definition) is 6. The predicted octanol–water partition coefficient (Wildman–Crippen LogP) is 3.58. The van der Waals surface area contributed by atoms with E-state index in [2.05, 4.69) is 0 Å². The number of nitrogens with zero attached hydrogens (tertiary/aromatic N) is 3. The van der Waals surface area contributed by atoms with Crippen molar-refractivity contribution in [2.45, 2.75) is 11.4 Å². The SMILES string of the molecule is CSc1ccc(CN(C)C(=O)COC(=O)/C(C#N)=C/c2ccc(N(C)C)cc2)cc1. The van der Waals surface area contributed by atoms with E-state index in [4.69, 9.17) is 4.74 Å². The van der Waals surface area contributed by atoms with E-state index in [1.807, 2.05) is 67.7 Å². The number of thioether (sulfide) groups is 1. The monoisotopic (exact) mass is 423 g/mol. The van der Waals surface area contributed by atoms with Crippen molar-refractivity contribution < 1.29 is 14.3 Å². The molecule has 0 heterocycles. The van der Waals surface area contributed by atoms with Gasteiger partial charge in [0, 0.05) is 38.3 Å². The Bertz CT molecular complexity index is 945. The van der Waals surface area contributed by atoms with Crippen molar-refractivity contribution >= 4 is 35.4 Å². The minimum absolute atomic E-state index is 0.157. The lowest BCUT2D eigenvalue weighted by molar-refractivity contribution is -0.148. The summed E-state index contributed by atoms with van der Waals surface area (Å²) < 4.78 is 5.05. The van der Waals surface area contributed by atoms with E-state index >= 15 is 0 Å². The van der Waals surface area contributed by atoms with Crippen LogP contribution < -0.4 is 4.90 Å². The van der Waals surface area contributed by atoms with Gasteiger partial charge in [-0.3, -0.25) is 4.79 Å². The number of hydrogen-bond donors (Lipinski definition) is 0. The second-order valence-corrected chi connectivity index (χ2v) is 7.71. The number of rotatable bonds is 8. The molecule has 0 fully saturated rings. The van der Waals surface area contributed by atoms with Gasteiger partial charge in [-0.2, -0.15) is 5.26 Å². The molecule has 0 aliphatic carbocycles. The number of carbonyl (C=O) groups excluding carboxylic acids is 2. The maximum absolute atomic E-state index is 12.3. The molecule has 0 radical (unpaired) electrons. The molecule has 0 unspecified atom stereocenters. The van der Waals surface area contributed by atoms with Crippen LogP contribution in [0.25, 0.3) is 6.08 Å². The number of likely N-dealkylation sites (N-methyl/N-ethyl adjacent to an activating group) is 1. The highest BCUT2D eigenvalue weighted by atomic mass is 32.2. The predicted molar refractivity (Wildman–Crippen MR) is 120 cm³/mol. The second kappa shape index (κ2) is 11.1. The van der Waals surface area contributed by atoms with Gasteiger partial charge in [0.2, 0.25) is 0 Å². The Balaban J connectivity index is 1.93. The number of amides is 1. The molecule has 0 spiro atoms. The molecule has 6 nitrogen and oxygen atoms in total. The van der Waals surface area contributed by atoms with Crippen molar-refractivity contribution in [2.24, 2.45) is 0 Å². The van der Waals surface area contributed by atoms with Gasteiger partial charge < -0.3 is 14.5 Å². The van der Waals surface area contributed by atoms with Gasteiger partial charge in [0.15, 0.2) is 6.61 Å². The number of esters is 1. The van der Waals surface area contributed by atoms with Gasteiger partial charge in [0.25, 0.3) is 5.91 Å². The highest BCUT2D eigenvalue weighted by Gasteiger charge is 2.16. The maximum Gasteiger partial charge on any atom is 0.349 e. The molecule has 156 valence electrons. The Kier molecular flexibility index (Phi) is 8.51. The van der Waals surface area contributed by atoms with Crippen LogP contribution in [-0.4, -0.2) is 50.8 Å². The highest BCUT2D eigenvalue weighted by Crippen LogP contribution is 2.16. The molecule has 30 heavy (non-hydrogen) atoms. The highest BCUT2D eigenvalue weighted by molar-refractivity contribution is 7.98. The van der Waals surface area contributed by atoms with E-state index in [9.17, 15) is 14.9 Å². The molecule has 2 rings (SSSR count). The summed E-state index contributed by atoms with van der Waals surface area (Å²) in [5, 5.41) is 9.29. The van der Waals surface area contributed by atoms with Gasteiger partial charge in [-0.25, -0.2) is 4.79 Å². The Morgan fingerprint density at radius 3 is 2.23 bits per heavy atom. The Labute approximate surface area is 181 Å². The molecular weight excluding hydrogens is 398 g/mol. The lowest BCUT2D eigenvalue weighted by atomic mass is 10.1. The molecule has 0 N–H and O–H groups in total. The Morgan fingerprint density at radius 2 is 1.70 bits per heavy atom. The van der Waals surface area contributed by atoms with Crippen LogP contribution in [0.15, 0.2) is 59.0 Å². The fourth-order valence-electron chi connectivity index (χ4n) is 2.58. The summed E-state index contributed by atoms with van der Waals surface area (Å²) >= 11 is 1.65. The van der Waals surface area contributed by atoms with Gasteiger partial charge in [0.1, 0.15) is 11.6 Å². The average molecular weight is 424 g/mol. The molecule has 0 saturated carbocycles. The summed E-state index contributed by atoms with van der Waals surface area (Å²) in [6, 6.07) is 17.1. The minimum atomic E-state index is -0.819. The fourth-order valence-corrected chi connectivity index (χ4v) is 2.99. The van der Waals surface area contributed by atoms with Crippen LogP contribution in [0.1, 0.15) is 11.1 Å². The summed E-state index contributed by atoms with van der Waals surface area (Å²) in [6.07, 6.45) is 3.45. The van der Waals surface area contributed by atoms with Crippen LogP contribution in [0.5, 0.6) is 0 Å². The summed E-state index contributed by atoms with van der Waals surface area (Å²) in [4.78, 5) is 29.1. The molecule has 1 amide bonds. The molecule has 0 aliphatic rings. The first kappa shape index (κ1) is 23.0. The van der Waals surface area contributed by atoms with Gasteiger partial charge >= 0.3 is 5.97 Å². The molecule has 0 bridgehead atoms. The molecule has 0 aliphatic heterocycles. The third-order valence-electron chi connectivity index (χ3n) is 4.39. The molecule has 0 saturated heterocycles. The zero-order valence-electron chi connectivity index (χ0n) is 17.6. The van der Waals surface area contributed by atoms with E-state index in [1.54, 1.807) is 30.9 Å². The van der Waals surface area contributed by atoms with E-state index in [0.717, 1.165) is 16.1 Å². The van der Waals surface area contributed by atoms with Crippen molar-refractivity contribution in [1.82, 2.24) is 4.90 Å². The van der Waals surface area contributed by atoms with Gasteiger partial charge in [0.05, 0.1) is 0 Å². The Morgan fingerprint density at radius 1 is 1.07 bits per heavy atom. The van der Waals surface area contributed by atoms with Crippen LogP contribution in [-0.2, 0) is 20.9 Å². The summed E-state index contributed by atoms with van der Waals surface area (Å²) in [7, 11) is 5.50. The van der Waals surface area contributed by atoms with Crippen molar-refractivity contribution in [3.05, 3.63) is 65.2 Å². The molecular formula is C23H25N3O3S. The van der Waals surface area contributed by atoms with Crippen molar-refractivity contribution in [3.63, 3.8) is 0 Å². The third kappa shape index (κ3) is 6.68. The van der Waals surface area contributed by atoms with E-state index in [0.29, 0.717) is 12.1 Å². The zero-order chi connectivity index (χ0) is 22.1. The van der Waals surface area contributed by atoms with Gasteiger partial charge in [-0.1, -0.05) is 24.3 Å². The van der Waals surface area contributed by atoms with Crippen LogP contribution >= 0.6 is 11.8 Å². The number of carbonyl (C=O) groups is 2. The summed E-state index contributed by atoms with van der Waals surface area (Å²) in [6.45, 7) is -0.0129. The summed E-state index contributed by atoms with van der Waals surface area (Å²) in [5.74, 6) is -1.16. The maximum atomic E-state index is 12.3. The Hall–Kier alpha value is -3.24. The normalized spacial score (nSPS) is 10.8. The first-order valence-corrected chi connectivity index (χ1v) is 10.5. The smallest absolute Gasteiger partial charge is 0.349 e. The average Bonchev–Trinajstić information content (AvgIpc) is 2.76. The van der Waals surface area contributed by atoms with Crippen LogP contribution in [0.2, 0.25) is 0 Å². The molecule has 7 heteroatoms. The summed E-state index contributed by atoms with van der Waals surface area (Å²) in [5.41, 5.74) is 2.53. The number of anilines is 1. The largest absolute Gasteiger partial charge is 0.451 e. The molecule has 0 atom stereocenters. The minimum Gasteiger partial charge on any atom is -0.451 e. The molecule has 0 aromatic heterocycles. The number of nitriles is 1. The molecule has 2 aromatic rings. The van der Waals surface area contributed by atoms with Crippen LogP contribution in [0, 0.1) is 11.3 Å². The third-order valence-corrected chi connectivity index (χ3v) is 5.14. The first-order chi connectivity index (χ1) is 14.3. The first-order valence-electron chi connectivity index (χ1n) is 9.27. The van der Waals surface area contributed by atoms with Gasteiger partial charge in [-0.05, 0) is 47.7 Å². The number of benzene rings is 2. The van der Waals surface area contributed by atoms with Crippen molar-refractivity contribution in [3.8, 4) is 6.07 Å². The van der Waals surface area contributed by atoms with Crippen molar-refractivity contribution in [2.75, 3.05) is 38.9 Å². The topological polar surface area (TPSA) is 73.6 Å². The quantitative estimate of drug-likeness (QED) is 0.280. The van der Waals surface area contributed by atoms with E-state index in [-0.39, 0.29) is 11.5 Å². The van der Waals surface area contributed by atoms with E-state index < -0.39 is 12.6 Å². The molecule has 2 aromatic carbocycles.